The number of rotatable bonds is 3. The van der Waals surface area contributed by atoms with E-state index in [4.69, 9.17) is 4.74 Å². The number of ether oxygens (including phenoxy) is 1. The van der Waals surface area contributed by atoms with Gasteiger partial charge in [0.2, 0.25) is 0 Å². The van der Waals surface area contributed by atoms with Crippen LogP contribution >= 0.6 is 0 Å². The van der Waals surface area contributed by atoms with Crippen molar-refractivity contribution < 1.29 is 9.53 Å². The van der Waals surface area contributed by atoms with Gasteiger partial charge in [0.15, 0.2) is 0 Å². The van der Waals surface area contributed by atoms with E-state index in [1.54, 1.807) is 6.08 Å². The summed E-state index contributed by atoms with van der Waals surface area (Å²) in [5, 5.41) is 0. The molecule has 2 aliphatic carbocycles. The first-order chi connectivity index (χ1) is 9.20. The van der Waals surface area contributed by atoms with Crippen LogP contribution in [0, 0.1) is 5.92 Å². The Hall–Kier alpha value is -1.57. The van der Waals surface area contributed by atoms with E-state index >= 15 is 0 Å². The number of carbonyl (C=O) groups excluding carboxylic acids is 1. The SMILES string of the molecule is CCOC(=O)/C=C(\C)C1CC2CC1c1ccccc12. The summed E-state index contributed by atoms with van der Waals surface area (Å²) in [6, 6.07) is 8.78. The van der Waals surface area contributed by atoms with E-state index in [2.05, 4.69) is 31.2 Å². The van der Waals surface area contributed by atoms with Crippen molar-refractivity contribution in [2.45, 2.75) is 38.5 Å². The highest BCUT2D eigenvalue weighted by molar-refractivity contribution is 5.82. The van der Waals surface area contributed by atoms with E-state index in [-0.39, 0.29) is 5.97 Å². The first-order valence-corrected chi connectivity index (χ1v) is 7.14. The number of hydrogen-bond donors (Lipinski definition) is 0. The standard InChI is InChI=1S/C17H20O2/c1-3-19-17(18)8-11(2)15-9-12-10-16(15)14-7-5-4-6-13(12)14/h4-8,12,15-16H,3,9-10H2,1-2H3/b11-8+. The maximum Gasteiger partial charge on any atom is 0.330 e. The Morgan fingerprint density at radius 3 is 2.79 bits per heavy atom. The number of esters is 1. The maximum absolute atomic E-state index is 11.6. The third-order valence-electron chi connectivity index (χ3n) is 4.61. The molecule has 1 saturated carbocycles. The first-order valence-electron chi connectivity index (χ1n) is 7.14. The Morgan fingerprint density at radius 2 is 2.05 bits per heavy atom. The molecule has 0 spiro atoms. The Kier molecular flexibility index (Phi) is 3.17. The minimum absolute atomic E-state index is 0.198. The molecule has 1 fully saturated rings. The zero-order valence-electron chi connectivity index (χ0n) is 11.6. The summed E-state index contributed by atoms with van der Waals surface area (Å²) in [5.74, 6) is 1.61. The molecule has 0 N–H and O–H groups in total. The third kappa shape index (κ3) is 2.09. The summed E-state index contributed by atoms with van der Waals surface area (Å²) in [6.45, 7) is 4.36. The topological polar surface area (TPSA) is 26.3 Å². The Morgan fingerprint density at radius 1 is 1.32 bits per heavy atom. The molecule has 2 bridgehead atoms. The van der Waals surface area contributed by atoms with E-state index in [0.29, 0.717) is 24.4 Å². The zero-order chi connectivity index (χ0) is 13.4. The molecule has 100 valence electrons. The highest BCUT2D eigenvalue weighted by atomic mass is 16.5. The van der Waals surface area contributed by atoms with Crippen LogP contribution in [0.1, 0.15) is 49.7 Å². The Labute approximate surface area is 114 Å². The highest BCUT2D eigenvalue weighted by Gasteiger charge is 2.43. The second-order valence-electron chi connectivity index (χ2n) is 5.65. The fraction of sp³-hybridized carbons (Fsp3) is 0.471. The van der Waals surface area contributed by atoms with Gasteiger partial charge >= 0.3 is 5.97 Å². The smallest absolute Gasteiger partial charge is 0.330 e. The molecule has 0 saturated heterocycles. The van der Waals surface area contributed by atoms with Gasteiger partial charge in [0, 0.05) is 6.08 Å². The lowest BCUT2D eigenvalue weighted by atomic mass is 9.80. The van der Waals surface area contributed by atoms with Crippen LogP contribution in [0.15, 0.2) is 35.9 Å². The lowest BCUT2D eigenvalue weighted by molar-refractivity contribution is -0.137. The minimum Gasteiger partial charge on any atom is -0.463 e. The summed E-state index contributed by atoms with van der Waals surface area (Å²) in [4.78, 5) is 11.6. The van der Waals surface area contributed by atoms with Crippen molar-refractivity contribution in [1.82, 2.24) is 0 Å². The number of fused-ring (bicyclic) bond motifs is 5. The van der Waals surface area contributed by atoms with Gasteiger partial charge in [-0.05, 0) is 55.6 Å². The van der Waals surface area contributed by atoms with E-state index in [1.807, 2.05) is 6.92 Å². The monoisotopic (exact) mass is 256 g/mol. The van der Waals surface area contributed by atoms with Crippen molar-refractivity contribution in [1.29, 1.82) is 0 Å². The average molecular weight is 256 g/mol. The summed E-state index contributed by atoms with van der Waals surface area (Å²) in [6.07, 6.45) is 4.12. The van der Waals surface area contributed by atoms with Crippen LogP contribution in [0.2, 0.25) is 0 Å². The molecule has 0 aromatic heterocycles. The summed E-state index contributed by atoms with van der Waals surface area (Å²) in [7, 11) is 0. The quantitative estimate of drug-likeness (QED) is 0.607. The molecular formula is C17H20O2. The van der Waals surface area contributed by atoms with Crippen molar-refractivity contribution in [2.75, 3.05) is 6.61 Å². The number of carbonyl (C=O) groups is 1. The zero-order valence-corrected chi connectivity index (χ0v) is 11.6. The van der Waals surface area contributed by atoms with Gasteiger partial charge in [-0.3, -0.25) is 0 Å². The van der Waals surface area contributed by atoms with Gasteiger partial charge in [0.1, 0.15) is 0 Å². The number of benzene rings is 1. The molecule has 2 nitrogen and oxygen atoms in total. The van der Waals surface area contributed by atoms with E-state index in [1.165, 1.54) is 29.5 Å². The van der Waals surface area contributed by atoms with Gasteiger partial charge < -0.3 is 4.74 Å². The van der Waals surface area contributed by atoms with Crippen molar-refractivity contribution in [3.05, 3.63) is 47.0 Å². The van der Waals surface area contributed by atoms with E-state index in [0.717, 1.165) is 0 Å². The van der Waals surface area contributed by atoms with Crippen molar-refractivity contribution >= 4 is 5.97 Å². The molecule has 2 aliphatic rings. The minimum atomic E-state index is -0.198. The van der Waals surface area contributed by atoms with Crippen LogP contribution in [0.3, 0.4) is 0 Å². The number of hydrogen-bond acceptors (Lipinski definition) is 2. The first kappa shape index (κ1) is 12.5. The predicted octanol–water partition coefficient (Wildman–Crippen LogP) is 3.79. The molecule has 3 unspecified atom stereocenters. The Bertz CT molecular complexity index is 530. The fourth-order valence-corrected chi connectivity index (χ4v) is 3.84. The van der Waals surface area contributed by atoms with Gasteiger partial charge in [0.25, 0.3) is 0 Å². The highest BCUT2D eigenvalue weighted by Crippen LogP contribution is 2.57. The van der Waals surface area contributed by atoms with Crippen molar-refractivity contribution in [2.24, 2.45) is 5.92 Å². The largest absolute Gasteiger partial charge is 0.463 e. The molecule has 0 radical (unpaired) electrons. The molecular weight excluding hydrogens is 236 g/mol. The van der Waals surface area contributed by atoms with Crippen LogP contribution in [-0.2, 0) is 9.53 Å². The Balaban J connectivity index is 1.82. The average Bonchev–Trinajstić information content (AvgIpc) is 2.98. The van der Waals surface area contributed by atoms with Crippen LogP contribution in [0.5, 0.6) is 0 Å². The molecule has 2 heteroatoms. The third-order valence-corrected chi connectivity index (χ3v) is 4.61. The molecule has 0 aliphatic heterocycles. The van der Waals surface area contributed by atoms with Crippen LogP contribution < -0.4 is 0 Å². The normalized spacial score (nSPS) is 28.3. The molecule has 3 atom stereocenters. The lowest BCUT2D eigenvalue weighted by Crippen LogP contribution is -2.13. The molecule has 1 aromatic rings. The van der Waals surface area contributed by atoms with Crippen LogP contribution in [-0.4, -0.2) is 12.6 Å². The van der Waals surface area contributed by atoms with E-state index < -0.39 is 0 Å². The van der Waals surface area contributed by atoms with Gasteiger partial charge in [-0.1, -0.05) is 29.8 Å². The lowest BCUT2D eigenvalue weighted by Gasteiger charge is -2.25. The summed E-state index contributed by atoms with van der Waals surface area (Å²) in [5.41, 5.74) is 4.22. The maximum atomic E-state index is 11.6. The summed E-state index contributed by atoms with van der Waals surface area (Å²) >= 11 is 0. The molecule has 3 rings (SSSR count). The van der Waals surface area contributed by atoms with Crippen LogP contribution in [0.4, 0.5) is 0 Å². The predicted molar refractivity (Wildman–Crippen MR) is 75.0 cm³/mol. The number of allylic oxidation sites excluding steroid dienone is 1. The van der Waals surface area contributed by atoms with E-state index in [9.17, 15) is 4.79 Å². The van der Waals surface area contributed by atoms with Crippen molar-refractivity contribution in [3.63, 3.8) is 0 Å². The molecule has 0 heterocycles. The second-order valence-corrected chi connectivity index (χ2v) is 5.65. The van der Waals surface area contributed by atoms with Gasteiger partial charge in [-0.2, -0.15) is 0 Å². The second kappa shape index (κ2) is 4.84. The fourth-order valence-electron chi connectivity index (χ4n) is 3.84. The summed E-state index contributed by atoms with van der Waals surface area (Å²) < 4.78 is 5.01. The van der Waals surface area contributed by atoms with Gasteiger partial charge in [-0.15, -0.1) is 0 Å². The van der Waals surface area contributed by atoms with Gasteiger partial charge in [0.05, 0.1) is 6.61 Å². The van der Waals surface area contributed by atoms with Crippen molar-refractivity contribution in [3.8, 4) is 0 Å². The van der Waals surface area contributed by atoms with Gasteiger partial charge in [-0.25, -0.2) is 4.79 Å². The molecule has 1 aromatic carbocycles. The molecule has 19 heavy (non-hydrogen) atoms. The molecule has 0 amide bonds. The van der Waals surface area contributed by atoms with Crippen LogP contribution in [0.25, 0.3) is 0 Å².